The van der Waals surface area contributed by atoms with E-state index in [4.69, 9.17) is 0 Å². The first kappa shape index (κ1) is 13.1. The first-order chi connectivity index (χ1) is 10.8. The van der Waals surface area contributed by atoms with Crippen molar-refractivity contribution in [1.82, 2.24) is 14.8 Å². The molecule has 0 spiro atoms. The lowest BCUT2D eigenvalue weighted by Gasteiger charge is -2.41. The Bertz CT molecular complexity index is 649. The summed E-state index contributed by atoms with van der Waals surface area (Å²) in [5.41, 5.74) is 0.0841. The van der Waals surface area contributed by atoms with Gasteiger partial charge in [0.15, 0.2) is 0 Å². The van der Waals surface area contributed by atoms with E-state index in [-0.39, 0.29) is 5.56 Å². The number of anilines is 1. The third-order valence-corrected chi connectivity index (χ3v) is 6.57. The fourth-order valence-corrected chi connectivity index (χ4v) is 5.43. The highest BCUT2D eigenvalue weighted by Crippen LogP contribution is 2.51. The van der Waals surface area contributed by atoms with Crippen LogP contribution in [0, 0.1) is 23.7 Å². The smallest absolute Gasteiger partial charge is 0.296 e. The van der Waals surface area contributed by atoms with Crippen molar-refractivity contribution in [3.63, 3.8) is 0 Å². The maximum Gasteiger partial charge on any atom is 0.296 e. The van der Waals surface area contributed by atoms with E-state index < -0.39 is 0 Å². The molecule has 22 heavy (non-hydrogen) atoms. The van der Waals surface area contributed by atoms with Gasteiger partial charge in [-0.05, 0) is 55.8 Å². The Morgan fingerprint density at radius 3 is 2.82 bits per heavy atom. The SMILES string of the molecule is O=c1c(N2CC(CC3CC4CCC3C4)C2)nnc2n1CCC2. The Morgan fingerprint density at radius 1 is 1.14 bits per heavy atom. The molecular weight excluding hydrogens is 276 g/mol. The number of fused-ring (bicyclic) bond motifs is 3. The van der Waals surface area contributed by atoms with Gasteiger partial charge in [0.2, 0.25) is 5.82 Å². The summed E-state index contributed by atoms with van der Waals surface area (Å²) in [7, 11) is 0. The normalized spacial score (nSPS) is 33.3. The highest BCUT2D eigenvalue weighted by molar-refractivity contribution is 5.39. The van der Waals surface area contributed by atoms with Crippen molar-refractivity contribution in [3.8, 4) is 0 Å². The molecule has 3 fully saturated rings. The molecule has 0 radical (unpaired) electrons. The van der Waals surface area contributed by atoms with Crippen LogP contribution in [-0.4, -0.2) is 27.9 Å². The summed E-state index contributed by atoms with van der Waals surface area (Å²) >= 11 is 0. The fourth-order valence-electron chi connectivity index (χ4n) is 5.43. The molecule has 5 nitrogen and oxygen atoms in total. The van der Waals surface area contributed by atoms with Gasteiger partial charge in [0.05, 0.1) is 0 Å². The largest absolute Gasteiger partial charge is 0.350 e. The monoisotopic (exact) mass is 300 g/mol. The van der Waals surface area contributed by atoms with Gasteiger partial charge in [0.1, 0.15) is 5.82 Å². The summed E-state index contributed by atoms with van der Waals surface area (Å²) in [6.07, 6.45) is 9.23. The Balaban J connectivity index is 1.24. The molecule has 3 atom stereocenters. The topological polar surface area (TPSA) is 51.0 Å². The summed E-state index contributed by atoms with van der Waals surface area (Å²) < 4.78 is 1.82. The van der Waals surface area contributed by atoms with Crippen molar-refractivity contribution in [2.24, 2.45) is 23.7 Å². The Labute approximate surface area is 130 Å². The van der Waals surface area contributed by atoms with Crippen LogP contribution in [0.2, 0.25) is 0 Å². The van der Waals surface area contributed by atoms with Crippen LogP contribution in [0.15, 0.2) is 4.79 Å². The zero-order chi connectivity index (χ0) is 14.7. The molecule has 2 bridgehead atoms. The molecule has 118 valence electrons. The molecule has 1 aromatic heterocycles. The molecule has 2 saturated carbocycles. The van der Waals surface area contributed by atoms with Crippen molar-refractivity contribution in [3.05, 3.63) is 16.2 Å². The highest BCUT2D eigenvalue weighted by atomic mass is 16.1. The summed E-state index contributed by atoms with van der Waals surface area (Å²) in [5.74, 6) is 5.26. The lowest BCUT2D eigenvalue weighted by molar-refractivity contribution is 0.241. The van der Waals surface area contributed by atoms with E-state index >= 15 is 0 Å². The quantitative estimate of drug-likeness (QED) is 0.855. The summed E-state index contributed by atoms with van der Waals surface area (Å²) in [5, 5.41) is 8.47. The van der Waals surface area contributed by atoms with Crippen LogP contribution in [0.4, 0.5) is 5.82 Å². The second-order valence-electron chi connectivity index (χ2n) is 7.94. The first-order valence-electron chi connectivity index (χ1n) is 8.99. The van der Waals surface area contributed by atoms with E-state index in [2.05, 4.69) is 15.1 Å². The van der Waals surface area contributed by atoms with Crippen molar-refractivity contribution < 1.29 is 0 Å². The average molecular weight is 300 g/mol. The number of hydrogen-bond donors (Lipinski definition) is 0. The average Bonchev–Trinajstić information content (AvgIpc) is 3.19. The Kier molecular flexibility index (Phi) is 2.86. The minimum atomic E-state index is 0.0841. The van der Waals surface area contributed by atoms with Gasteiger partial charge in [-0.3, -0.25) is 9.36 Å². The molecule has 1 saturated heterocycles. The zero-order valence-corrected chi connectivity index (χ0v) is 13.1. The third kappa shape index (κ3) is 1.94. The molecule has 0 amide bonds. The number of hydrogen-bond acceptors (Lipinski definition) is 4. The molecular formula is C17H24N4O. The van der Waals surface area contributed by atoms with Gasteiger partial charge in [-0.1, -0.05) is 6.42 Å². The second kappa shape index (κ2) is 4.80. The molecule has 2 aliphatic heterocycles. The van der Waals surface area contributed by atoms with Crippen molar-refractivity contribution in [2.45, 2.75) is 51.5 Å². The Morgan fingerprint density at radius 2 is 2.05 bits per heavy atom. The van der Waals surface area contributed by atoms with Gasteiger partial charge in [-0.15, -0.1) is 10.2 Å². The zero-order valence-electron chi connectivity index (χ0n) is 13.1. The van der Waals surface area contributed by atoms with Crippen molar-refractivity contribution >= 4 is 5.82 Å². The molecule has 0 N–H and O–H groups in total. The van der Waals surface area contributed by atoms with E-state index in [0.717, 1.165) is 62.0 Å². The third-order valence-electron chi connectivity index (χ3n) is 6.57. The maximum atomic E-state index is 12.5. The van der Waals surface area contributed by atoms with Gasteiger partial charge in [0.25, 0.3) is 5.56 Å². The van der Waals surface area contributed by atoms with E-state index in [1.165, 1.54) is 32.1 Å². The van der Waals surface area contributed by atoms with Crippen LogP contribution < -0.4 is 10.5 Å². The van der Waals surface area contributed by atoms with Crippen molar-refractivity contribution in [1.29, 1.82) is 0 Å². The van der Waals surface area contributed by atoms with Gasteiger partial charge in [-0.2, -0.15) is 0 Å². The minimum Gasteiger partial charge on any atom is -0.350 e. The van der Waals surface area contributed by atoms with E-state index in [1.54, 1.807) is 0 Å². The van der Waals surface area contributed by atoms with Crippen LogP contribution in [0.3, 0.4) is 0 Å². The Hall–Kier alpha value is -1.39. The van der Waals surface area contributed by atoms with Crippen LogP contribution in [0.1, 0.15) is 44.3 Å². The molecule has 3 heterocycles. The second-order valence-corrected chi connectivity index (χ2v) is 7.94. The van der Waals surface area contributed by atoms with Gasteiger partial charge in [-0.25, -0.2) is 0 Å². The number of rotatable bonds is 3. The van der Waals surface area contributed by atoms with Gasteiger partial charge >= 0.3 is 0 Å². The first-order valence-corrected chi connectivity index (χ1v) is 8.99. The summed E-state index contributed by atoms with van der Waals surface area (Å²) in [4.78, 5) is 14.6. The van der Waals surface area contributed by atoms with Gasteiger partial charge < -0.3 is 4.90 Å². The lowest BCUT2D eigenvalue weighted by Crippen LogP contribution is -2.51. The fraction of sp³-hybridized carbons (Fsp3) is 0.824. The lowest BCUT2D eigenvalue weighted by atomic mass is 9.80. The summed E-state index contributed by atoms with van der Waals surface area (Å²) in [6, 6.07) is 0. The molecule has 0 aromatic carbocycles. The highest BCUT2D eigenvalue weighted by Gasteiger charge is 2.42. The van der Waals surface area contributed by atoms with Crippen LogP contribution in [0.5, 0.6) is 0 Å². The van der Waals surface area contributed by atoms with E-state index in [9.17, 15) is 4.79 Å². The molecule has 3 unspecified atom stereocenters. The van der Waals surface area contributed by atoms with E-state index in [0.29, 0.717) is 5.82 Å². The predicted octanol–water partition coefficient (Wildman–Crippen LogP) is 1.85. The minimum absolute atomic E-state index is 0.0841. The molecule has 2 aliphatic carbocycles. The maximum absolute atomic E-state index is 12.5. The summed E-state index contributed by atoms with van der Waals surface area (Å²) in [6.45, 7) is 2.84. The van der Waals surface area contributed by atoms with Crippen molar-refractivity contribution in [2.75, 3.05) is 18.0 Å². The van der Waals surface area contributed by atoms with Crippen LogP contribution in [0.25, 0.3) is 0 Å². The van der Waals surface area contributed by atoms with Crippen LogP contribution >= 0.6 is 0 Å². The molecule has 1 aromatic rings. The number of aryl methyl sites for hydroxylation is 1. The molecule has 5 heteroatoms. The standard InChI is InChI=1S/C17H24N4O/c22-17-16(19-18-15-2-1-5-21(15)17)20-9-12(10-20)8-14-7-11-3-4-13(14)6-11/h11-14H,1-10H2. The van der Waals surface area contributed by atoms with Gasteiger partial charge in [0, 0.05) is 26.1 Å². The number of nitrogens with zero attached hydrogens (tertiary/aromatic N) is 4. The molecule has 5 rings (SSSR count). The van der Waals surface area contributed by atoms with Crippen LogP contribution in [-0.2, 0) is 13.0 Å². The number of aromatic nitrogens is 3. The molecule has 4 aliphatic rings. The predicted molar refractivity (Wildman–Crippen MR) is 83.9 cm³/mol. The van der Waals surface area contributed by atoms with E-state index in [1.807, 2.05) is 4.57 Å².